The van der Waals surface area contributed by atoms with Crippen LogP contribution >= 0.6 is 0 Å². The first-order chi connectivity index (χ1) is 14.0. The molecule has 2 aromatic rings. The highest BCUT2D eigenvalue weighted by molar-refractivity contribution is 6.09. The van der Waals surface area contributed by atoms with Gasteiger partial charge in [0.05, 0.1) is 23.6 Å². The van der Waals surface area contributed by atoms with E-state index in [0.29, 0.717) is 24.2 Å². The summed E-state index contributed by atoms with van der Waals surface area (Å²) in [5.74, 6) is -3.76. The minimum absolute atomic E-state index is 0.306. The van der Waals surface area contributed by atoms with Crippen LogP contribution in [0.25, 0.3) is 0 Å². The lowest BCUT2D eigenvalue weighted by Gasteiger charge is -2.31. The van der Waals surface area contributed by atoms with Gasteiger partial charge in [-0.05, 0) is 24.1 Å². The standard InChI is InChI=1S/C22H23N3O4/c1-2-3-13-25-19(26)16-17(20(25)27)22(21(28)29,14-9-5-4-6-10-14)24-18(16)15-11-7-8-12-23-15/h4-12,16-18,24H,2-3,13H2,1H3,(H,28,29). The number of benzene rings is 1. The topological polar surface area (TPSA) is 99.6 Å². The van der Waals surface area contributed by atoms with Crippen LogP contribution in [0, 0.1) is 11.8 Å². The Morgan fingerprint density at radius 2 is 1.86 bits per heavy atom. The van der Waals surface area contributed by atoms with Gasteiger partial charge in [-0.2, -0.15) is 0 Å². The van der Waals surface area contributed by atoms with Crippen molar-refractivity contribution in [2.45, 2.75) is 31.3 Å². The summed E-state index contributed by atoms with van der Waals surface area (Å²) >= 11 is 0. The fourth-order valence-corrected chi connectivity index (χ4v) is 4.60. The van der Waals surface area contributed by atoms with Gasteiger partial charge < -0.3 is 5.11 Å². The zero-order valence-electron chi connectivity index (χ0n) is 16.1. The van der Waals surface area contributed by atoms with E-state index >= 15 is 0 Å². The highest BCUT2D eigenvalue weighted by Gasteiger charge is 2.69. The lowest BCUT2D eigenvalue weighted by atomic mass is 9.75. The van der Waals surface area contributed by atoms with E-state index in [1.54, 1.807) is 54.7 Å². The predicted octanol–water partition coefficient (Wildman–Crippen LogP) is 2.11. The van der Waals surface area contributed by atoms with Gasteiger partial charge in [0.1, 0.15) is 0 Å². The second kappa shape index (κ2) is 7.40. The Balaban J connectivity index is 1.88. The number of nitrogens with zero attached hydrogens (tertiary/aromatic N) is 2. The third kappa shape index (κ3) is 2.84. The largest absolute Gasteiger partial charge is 0.480 e. The first-order valence-electron chi connectivity index (χ1n) is 9.85. The molecule has 0 bridgehead atoms. The van der Waals surface area contributed by atoms with Gasteiger partial charge in [-0.3, -0.25) is 24.8 Å². The number of carboxylic acids is 1. The number of nitrogens with one attached hydrogen (secondary N) is 1. The van der Waals surface area contributed by atoms with E-state index in [4.69, 9.17) is 0 Å². The Hall–Kier alpha value is -3.06. The maximum Gasteiger partial charge on any atom is 0.329 e. The SMILES string of the molecule is CCCCN1C(=O)C2C(c3ccccn3)NC(C(=O)O)(c3ccccc3)C2C1=O. The molecule has 7 nitrogen and oxygen atoms in total. The molecule has 2 saturated heterocycles. The van der Waals surface area contributed by atoms with E-state index < -0.39 is 35.3 Å². The van der Waals surface area contributed by atoms with Crippen molar-refractivity contribution in [1.29, 1.82) is 0 Å². The van der Waals surface area contributed by atoms with E-state index in [9.17, 15) is 19.5 Å². The lowest BCUT2D eigenvalue weighted by Crippen LogP contribution is -2.53. The number of carbonyl (C=O) groups excluding carboxylic acids is 2. The molecule has 2 fully saturated rings. The van der Waals surface area contributed by atoms with Gasteiger partial charge in [0.25, 0.3) is 0 Å². The summed E-state index contributed by atoms with van der Waals surface area (Å²) in [5.41, 5.74) is -0.679. The van der Waals surface area contributed by atoms with Crippen molar-refractivity contribution in [2.24, 2.45) is 11.8 Å². The van der Waals surface area contributed by atoms with Gasteiger partial charge in [-0.15, -0.1) is 0 Å². The number of aliphatic carboxylic acids is 1. The van der Waals surface area contributed by atoms with Crippen molar-refractivity contribution in [3.63, 3.8) is 0 Å². The van der Waals surface area contributed by atoms with Crippen LogP contribution in [0.2, 0.25) is 0 Å². The third-order valence-corrected chi connectivity index (χ3v) is 5.96. The van der Waals surface area contributed by atoms with Crippen LogP contribution in [0.1, 0.15) is 37.1 Å². The number of carbonyl (C=O) groups is 3. The van der Waals surface area contributed by atoms with E-state index in [1.165, 1.54) is 4.90 Å². The number of hydrogen-bond acceptors (Lipinski definition) is 5. The van der Waals surface area contributed by atoms with Gasteiger partial charge in [-0.1, -0.05) is 49.7 Å². The smallest absolute Gasteiger partial charge is 0.329 e. The molecule has 7 heteroatoms. The Morgan fingerprint density at radius 1 is 1.14 bits per heavy atom. The molecule has 0 aliphatic carbocycles. The second-order valence-corrected chi connectivity index (χ2v) is 7.54. The monoisotopic (exact) mass is 393 g/mol. The van der Waals surface area contributed by atoms with Crippen molar-refractivity contribution in [2.75, 3.05) is 6.54 Å². The predicted molar refractivity (Wildman–Crippen MR) is 104 cm³/mol. The average molecular weight is 393 g/mol. The van der Waals surface area contributed by atoms with Crippen LogP contribution in [0.4, 0.5) is 0 Å². The molecule has 29 heavy (non-hydrogen) atoms. The molecule has 1 aromatic carbocycles. The number of amides is 2. The van der Waals surface area contributed by atoms with Crippen LogP contribution in [-0.4, -0.2) is 39.3 Å². The number of unbranched alkanes of at least 4 members (excludes halogenated alkanes) is 1. The number of fused-ring (bicyclic) bond motifs is 1. The Labute approximate surface area is 168 Å². The van der Waals surface area contributed by atoms with E-state index in [-0.39, 0.29) is 5.91 Å². The third-order valence-electron chi connectivity index (χ3n) is 5.96. The lowest BCUT2D eigenvalue weighted by molar-refractivity contribution is -0.152. The molecule has 2 aliphatic heterocycles. The summed E-state index contributed by atoms with van der Waals surface area (Å²) in [6.45, 7) is 2.29. The minimum Gasteiger partial charge on any atom is -0.480 e. The molecular formula is C22H23N3O4. The molecule has 0 saturated carbocycles. The zero-order valence-corrected chi connectivity index (χ0v) is 16.1. The van der Waals surface area contributed by atoms with Gasteiger partial charge in [0.15, 0.2) is 5.54 Å². The van der Waals surface area contributed by atoms with E-state index in [0.717, 1.165) is 6.42 Å². The first-order valence-corrected chi connectivity index (χ1v) is 9.85. The first kappa shape index (κ1) is 19.3. The zero-order chi connectivity index (χ0) is 20.6. The van der Waals surface area contributed by atoms with Crippen LogP contribution in [0.15, 0.2) is 54.7 Å². The molecule has 4 unspecified atom stereocenters. The number of likely N-dealkylation sites (tertiary alicyclic amines) is 1. The molecule has 2 amide bonds. The molecule has 0 radical (unpaired) electrons. The van der Waals surface area contributed by atoms with Gasteiger partial charge in [0.2, 0.25) is 11.8 Å². The maximum absolute atomic E-state index is 13.4. The summed E-state index contributed by atoms with van der Waals surface area (Å²) < 4.78 is 0. The van der Waals surface area contributed by atoms with Crippen molar-refractivity contribution >= 4 is 17.8 Å². The minimum atomic E-state index is -1.69. The van der Waals surface area contributed by atoms with Crippen LogP contribution in [0.3, 0.4) is 0 Å². The van der Waals surface area contributed by atoms with Crippen molar-refractivity contribution in [3.8, 4) is 0 Å². The Bertz CT molecular complexity index is 934. The Morgan fingerprint density at radius 3 is 2.48 bits per heavy atom. The highest BCUT2D eigenvalue weighted by Crippen LogP contribution is 2.52. The summed E-state index contributed by atoms with van der Waals surface area (Å²) in [5, 5.41) is 13.5. The second-order valence-electron chi connectivity index (χ2n) is 7.54. The Kier molecular flexibility index (Phi) is 4.92. The fourth-order valence-electron chi connectivity index (χ4n) is 4.60. The van der Waals surface area contributed by atoms with Gasteiger partial charge >= 0.3 is 5.97 Å². The molecule has 1 aromatic heterocycles. The molecule has 4 atom stereocenters. The fraction of sp³-hybridized carbons (Fsp3) is 0.364. The molecule has 2 N–H and O–H groups in total. The van der Waals surface area contributed by atoms with Crippen molar-refractivity contribution in [1.82, 2.24) is 15.2 Å². The molecule has 3 heterocycles. The molecule has 0 spiro atoms. The number of hydrogen-bond donors (Lipinski definition) is 2. The van der Waals surface area contributed by atoms with E-state index in [2.05, 4.69) is 10.3 Å². The summed E-state index contributed by atoms with van der Waals surface area (Å²) in [6, 6.07) is 13.3. The van der Waals surface area contributed by atoms with Crippen LogP contribution in [-0.2, 0) is 19.9 Å². The molecule has 4 rings (SSSR count). The maximum atomic E-state index is 13.4. The average Bonchev–Trinajstić information content (AvgIpc) is 3.23. The highest BCUT2D eigenvalue weighted by atomic mass is 16.4. The summed E-state index contributed by atoms with van der Waals surface area (Å²) in [6.07, 6.45) is 3.12. The van der Waals surface area contributed by atoms with Crippen molar-refractivity contribution in [3.05, 3.63) is 66.0 Å². The number of imide groups is 1. The summed E-state index contributed by atoms with van der Waals surface area (Å²) in [7, 11) is 0. The number of aromatic nitrogens is 1. The normalized spacial score (nSPS) is 28.6. The van der Waals surface area contributed by atoms with E-state index in [1.807, 2.05) is 6.92 Å². The number of rotatable bonds is 6. The van der Waals surface area contributed by atoms with Crippen molar-refractivity contribution < 1.29 is 19.5 Å². The number of pyridine rings is 1. The van der Waals surface area contributed by atoms with Crippen LogP contribution < -0.4 is 5.32 Å². The molecule has 2 aliphatic rings. The van der Waals surface area contributed by atoms with Gasteiger partial charge in [-0.25, -0.2) is 4.79 Å². The summed E-state index contributed by atoms with van der Waals surface area (Å²) in [4.78, 5) is 44.9. The quantitative estimate of drug-likeness (QED) is 0.729. The van der Waals surface area contributed by atoms with Gasteiger partial charge in [0, 0.05) is 12.7 Å². The number of carboxylic acid groups (broad SMARTS) is 1. The van der Waals surface area contributed by atoms with Crippen LogP contribution in [0.5, 0.6) is 0 Å². The molecular weight excluding hydrogens is 370 g/mol. The molecule has 150 valence electrons.